The van der Waals surface area contributed by atoms with E-state index in [1.165, 1.54) is 0 Å². The lowest BCUT2D eigenvalue weighted by molar-refractivity contribution is -0.112. The van der Waals surface area contributed by atoms with Crippen LogP contribution in [-0.2, 0) is 18.0 Å². The standard InChI is InChI=1S/C35H28N2O3/c1-25-8-7-11-27(20-25)24-40-34-19-14-28-12-5-6-13-32(28)33(34)21-29(22-36)35(38)37-30-15-17-31(18-16-30)39-23-26-9-3-2-4-10-26/h2-21H,23-24H2,1H3,(H,37,38)/b29-21+. The number of amides is 1. The van der Waals surface area contributed by atoms with Gasteiger partial charge in [0.05, 0.1) is 0 Å². The maximum atomic E-state index is 13.1. The molecule has 0 bridgehead atoms. The van der Waals surface area contributed by atoms with Gasteiger partial charge in [-0.15, -0.1) is 0 Å². The van der Waals surface area contributed by atoms with Gasteiger partial charge in [0.15, 0.2) is 0 Å². The van der Waals surface area contributed by atoms with Crippen molar-refractivity contribution in [1.29, 1.82) is 5.26 Å². The van der Waals surface area contributed by atoms with Crippen LogP contribution in [0.15, 0.2) is 121 Å². The third-order valence-electron chi connectivity index (χ3n) is 6.42. The number of hydrogen-bond donors (Lipinski definition) is 1. The zero-order valence-corrected chi connectivity index (χ0v) is 22.1. The number of nitriles is 1. The monoisotopic (exact) mass is 524 g/mol. The SMILES string of the molecule is Cc1cccc(COc2ccc3ccccc3c2/C=C(\C#N)C(=O)Nc2ccc(OCc3ccccc3)cc2)c1. The molecule has 196 valence electrons. The molecule has 0 saturated carbocycles. The predicted octanol–water partition coefficient (Wildman–Crippen LogP) is 7.85. The molecule has 0 atom stereocenters. The van der Waals surface area contributed by atoms with E-state index in [0.717, 1.165) is 27.5 Å². The quantitative estimate of drug-likeness (QED) is 0.157. The second kappa shape index (κ2) is 12.5. The fraction of sp³-hybridized carbons (Fsp3) is 0.0857. The molecule has 5 aromatic carbocycles. The van der Waals surface area contributed by atoms with Gasteiger partial charge in [0.1, 0.15) is 36.4 Å². The third-order valence-corrected chi connectivity index (χ3v) is 6.42. The maximum absolute atomic E-state index is 13.1. The van der Waals surface area contributed by atoms with Crippen LogP contribution in [0.2, 0.25) is 0 Å². The fourth-order valence-electron chi connectivity index (χ4n) is 4.38. The Morgan fingerprint density at radius 1 is 0.800 bits per heavy atom. The Hall–Kier alpha value is -5.34. The maximum Gasteiger partial charge on any atom is 0.266 e. The minimum Gasteiger partial charge on any atom is -0.489 e. The number of carbonyl (C=O) groups excluding carboxylic acids is 1. The first-order chi connectivity index (χ1) is 19.6. The van der Waals surface area contributed by atoms with Gasteiger partial charge in [-0.25, -0.2) is 0 Å². The van der Waals surface area contributed by atoms with Crippen molar-refractivity contribution < 1.29 is 14.3 Å². The van der Waals surface area contributed by atoms with Gasteiger partial charge in [-0.3, -0.25) is 4.79 Å². The average molecular weight is 525 g/mol. The van der Waals surface area contributed by atoms with Crippen molar-refractivity contribution in [2.24, 2.45) is 0 Å². The van der Waals surface area contributed by atoms with Crippen LogP contribution in [0.4, 0.5) is 5.69 Å². The Balaban J connectivity index is 1.35. The number of ether oxygens (including phenoxy) is 2. The largest absolute Gasteiger partial charge is 0.489 e. The number of hydrogen-bond acceptors (Lipinski definition) is 4. The number of fused-ring (bicyclic) bond motifs is 1. The Labute approximate surface area is 233 Å². The highest BCUT2D eigenvalue weighted by molar-refractivity contribution is 6.11. The first-order valence-corrected chi connectivity index (χ1v) is 13.0. The van der Waals surface area contributed by atoms with Crippen molar-refractivity contribution in [3.63, 3.8) is 0 Å². The third kappa shape index (κ3) is 6.56. The van der Waals surface area contributed by atoms with Crippen LogP contribution in [0, 0.1) is 18.3 Å². The molecule has 0 heterocycles. The van der Waals surface area contributed by atoms with E-state index < -0.39 is 5.91 Å². The molecule has 0 aliphatic carbocycles. The van der Waals surface area contributed by atoms with E-state index in [4.69, 9.17) is 9.47 Å². The van der Waals surface area contributed by atoms with Crippen molar-refractivity contribution >= 4 is 28.4 Å². The summed E-state index contributed by atoms with van der Waals surface area (Å²) >= 11 is 0. The molecule has 0 unspecified atom stereocenters. The van der Waals surface area contributed by atoms with Crippen LogP contribution < -0.4 is 14.8 Å². The molecule has 0 aliphatic heterocycles. The minimum atomic E-state index is -0.502. The van der Waals surface area contributed by atoms with E-state index in [1.807, 2.05) is 91.9 Å². The number of benzene rings is 5. The molecule has 40 heavy (non-hydrogen) atoms. The van der Waals surface area contributed by atoms with E-state index in [2.05, 4.69) is 17.5 Å². The van der Waals surface area contributed by atoms with Gasteiger partial charge in [0.2, 0.25) is 0 Å². The van der Waals surface area contributed by atoms with Crippen LogP contribution in [0.1, 0.15) is 22.3 Å². The Morgan fingerprint density at radius 3 is 2.30 bits per heavy atom. The first-order valence-electron chi connectivity index (χ1n) is 13.0. The zero-order chi connectivity index (χ0) is 27.7. The molecule has 0 aromatic heterocycles. The summed E-state index contributed by atoms with van der Waals surface area (Å²) in [6.45, 7) is 2.86. The Bertz CT molecular complexity index is 1700. The summed E-state index contributed by atoms with van der Waals surface area (Å²) in [5.74, 6) is 0.780. The fourth-order valence-corrected chi connectivity index (χ4v) is 4.38. The summed E-state index contributed by atoms with van der Waals surface area (Å²) in [6.07, 6.45) is 1.60. The van der Waals surface area contributed by atoms with E-state index >= 15 is 0 Å². The Morgan fingerprint density at radius 2 is 1.52 bits per heavy atom. The van der Waals surface area contributed by atoms with Gasteiger partial charge in [-0.2, -0.15) is 5.26 Å². The molecular weight excluding hydrogens is 496 g/mol. The summed E-state index contributed by atoms with van der Waals surface area (Å²) in [5, 5.41) is 14.6. The summed E-state index contributed by atoms with van der Waals surface area (Å²) in [4.78, 5) is 13.1. The van der Waals surface area contributed by atoms with E-state index in [0.29, 0.717) is 36.0 Å². The first kappa shape index (κ1) is 26.3. The van der Waals surface area contributed by atoms with E-state index in [-0.39, 0.29) is 5.57 Å². The van der Waals surface area contributed by atoms with Gasteiger partial charge >= 0.3 is 0 Å². The highest BCUT2D eigenvalue weighted by atomic mass is 16.5. The average Bonchev–Trinajstić information content (AvgIpc) is 2.99. The van der Waals surface area contributed by atoms with Crippen molar-refractivity contribution in [2.75, 3.05) is 5.32 Å². The van der Waals surface area contributed by atoms with Gasteiger partial charge in [0.25, 0.3) is 5.91 Å². The van der Waals surface area contributed by atoms with Crippen LogP contribution in [-0.4, -0.2) is 5.91 Å². The molecule has 0 aliphatic rings. The Kier molecular flexibility index (Phi) is 8.19. The lowest BCUT2D eigenvalue weighted by Crippen LogP contribution is -2.13. The number of nitrogens with zero attached hydrogens (tertiary/aromatic N) is 1. The number of aryl methyl sites for hydroxylation is 1. The van der Waals surface area contributed by atoms with Crippen molar-refractivity contribution in [2.45, 2.75) is 20.1 Å². The van der Waals surface area contributed by atoms with Crippen molar-refractivity contribution in [1.82, 2.24) is 0 Å². The van der Waals surface area contributed by atoms with E-state index in [9.17, 15) is 10.1 Å². The molecular formula is C35H28N2O3. The van der Waals surface area contributed by atoms with Gasteiger partial charge < -0.3 is 14.8 Å². The highest BCUT2D eigenvalue weighted by Crippen LogP contribution is 2.31. The summed E-state index contributed by atoms with van der Waals surface area (Å²) < 4.78 is 12.0. The molecule has 5 heteroatoms. The molecule has 1 N–H and O–H groups in total. The second-order valence-corrected chi connectivity index (χ2v) is 9.40. The van der Waals surface area contributed by atoms with Crippen molar-refractivity contribution in [3.8, 4) is 17.6 Å². The topological polar surface area (TPSA) is 71.3 Å². The molecule has 0 spiro atoms. The van der Waals surface area contributed by atoms with E-state index in [1.54, 1.807) is 30.3 Å². The lowest BCUT2D eigenvalue weighted by Gasteiger charge is -2.13. The molecule has 5 nitrogen and oxygen atoms in total. The van der Waals surface area contributed by atoms with Gasteiger partial charge in [-0.05, 0) is 65.2 Å². The number of rotatable bonds is 9. The summed E-state index contributed by atoms with van der Waals surface area (Å²) in [7, 11) is 0. The molecule has 5 rings (SSSR count). The van der Waals surface area contributed by atoms with Crippen LogP contribution >= 0.6 is 0 Å². The molecule has 0 fully saturated rings. The van der Waals surface area contributed by atoms with Gasteiger partial charge in [-0.1, -0.05) is 90.5 Å². The smallest absolute Gasteiger partial charge is 0.266 e. The summed E-state index contributed by atoms with van der Waals surface area (Å²) in [5.41, 5.74) is 4.48. The molecule has 0 saturated heterocycles. The molecule has 0 radical (unpaired) electrons. The molecule has 5 aromatic rings. The van der Waals surface area contributed by atoms with Crippen LogP contribution in [0.5, 0.6) is 11.5 Å². The molecule has 1 amide bonds. The predicted molar refractivity (Wildman–Crippen MR) is 159 cm³/mol. The van der Waals surface area contributed by atoms with Crippen LogP contribution in [0.3, 0.4) is 0 Å². The van der Waals surface area contributed by atoms with Crippen LogP contribution in [0.25, 0.3) is 16.8 Å². The van der Waals surface area contributed by atoms with Gasteiger partial charge in [0, 0.05) is 11.3 Å². The number of carbonyl (C=O) groups is 1. The lowest BCUT2D eigenvalue weighted by atomic mass is 10.0. The number of nitrogens with one attached hydrogen (secondary N) is 1. The second-order valence-electron chi connectivity index (χ2n) is 9.40. The summed E-state index contributed by atoms with van der Waals surface area (Å²) in [6, 6.07) is 38.8. The normalized spacial score (nSPS) is 11.1. The van der Waals surface area contributed by atoms with Crippen molar-refractivity contribution in [3.05, 3.63) is 143 Å². The zero-order valence-electron chi connectivity index (χ0n) is 22.1. The highest BCUT2D eigenvalue weighted by Gasteiger charge is 2.14. The number of anilines is 1. The minimum absolute atomic E-state index is 0.0267.